The van der Waals surface area contributed by atoms with Gasteiger partial charge in [0.1, 0.15) is 0 Å². The summed E-state index contributed by atoms with van der Waals surface area (Å²) in [4.78, 5) is 23.2. The molecule has 1 aromatic carbocycles. The number of anilines is 2. The van der Waals surface area contributed by atoms with E-state index in [1.54, 1.807) is 31.2 Å². The topological polar surface area (TPSA) is 84.2 Å². The Labute approximate surface area is 118 Å². The summed E-state index contributed by atoms with van der Waals surface area (Å²) < 4.78 is 0. The van der Waals surface area contributed by atoms with Crippen LogP contribution < -0.4 is 16.4 Å². The van der Waals surface area contributed by atoms with E-state index in [4.69, 9.17) is 5.73 Å². The molecule has 2 atom stereocenters. The highest BCUT2D eigenvalue weighted by Gasteiger charge is 2.22. The molecule has 1 aliphatic carbocycles. The van der Waals surface area contributed by atoms with Crippen molar-refractivity contribution < 1.29 is 9.59 Å². The number of rotatable bonds is 4. The van der Waals surface area contributed by atoms with E-state index >= 15 is 0 Å². The van der Waals surface area contributed by atoms with Crippen molar-refractivity contribution in [2.45, 2.75) is 25.8 Å². The quantitative estimate of drug-likeness (QED) is 0.732. The molecule has 0 heterocycles. The standard InChI is InChI=1S/C15H19N3O2/c1-2-14(19)17-12-5-7-13(8-6-12)18-15(20)10-3-4-11(16)9-10/h3-8,10-11H,2,9,16H2,1H3,(H,17,19)(H,18,20). The van der Waals surface area contributed by atoms with Gasteiger partial charge in [-0.25, -0.2) is 0 Å². The molecule has 106 valence electrons. The van der Waals surface area contributed by atoms with E-state index in [0.29, 0.717) is 18.5 Å². The molecule has 1 aliphatic rings. The normalized spacial score (nSPS) is 20.7. The monoisotopic (exact) mass is 273 g/mol. The first-order valence-electron chi connectivity index (χ1n) is 6.73. The van der Waals surface area contributed by atoms with E-state index in [1.165, 1.54) is 0 Å². The van der Waals surface area contributed by atoms with Gasteiger partial charge in [0.05, 0.1) is 5.92 Å². The summed E-state index contributed by atoms with van der Waals surface area (Å²) >= 11 is 0. The maximum absolute atomic E-state index is 12.0. The first kappa shape index (κ1) is 14.3. The number of nitrogens with one attached hydrogen (secondary N) is 2. The zero-order chi connectivity index (χ0) is 14.5. The minimum atomic E-state index is -0.163. The third kappa shape index (κ3) is 3.68. The molecular weight excluding hydrogens is 254 g/mol. The Hall–Kier alpha value is -2.14. The molecule has 0 saturated heterocycles. The number of nitrogens with two attached hydrogens (primary N) is 1. The molecule has 5 heteroatoms. The van der Waals surface area contributed by atoms with Crippen LogP contribution in [0.1, 0.15) is 19.8 Å². The molecular formula is C15H19N3O2. The van der Waals surface area contributed by atoms with Crippen LogP contribution in [-0.4, -0.2) is 17.9 Å². The number of carbonyl (C=O) groups is 2. The lowest BCUT2D eigenvalue weighted by Crippen LogP contribution is -2.23. The van der Waals surface area contributed by atoms with Crippen LogP contribution in [0.4, 0.5) is 11.4 Å². The second-order valence-corrected chi connectivity index (χ2v) is 4.86. The number of hydrogen-bond donors (Lipinski definition) is 3. The minimum Gasteiger partial charge on any atom is -0.326 e. The van der Waals surface area contributed by atoms with E-state index in [1.807, 2.05) is 12.2 Å². The molecule has 0 fully saturated rings. The average Bonchev–Trinajstić information content (AvgIpc) is 2.87. The summed E-state index contributed by atoms with van der Waals surface area (Å²) in [6, 6.07) is 7.03. The van der Waals surface area contributed by atoms with Gasteiger partial charge in [0.25, 0.3) is 0 Å². The Morgan fingerprint density at radius 2 is 1.75 bits per heavy atom. The van der Waals surface area contributed by atoms with Crippen LogP contribution in [0.5, 0.6) is 0 Å². The minimum absolute atomic E-state index is 0.0302. The molecule has 0 aliphatic heterocycles. The van der Waals surface area contributed by atoms with Crippen LogP contribution >= 0.6 is 0 Å². The Balaban J connectivity index is 1.92. The van der Waals surface area contributed by atoms with Gasteiger partial charge < -0.3 is 16.4 Å². The summed E-state index contributed by atoms with van der Waals surface area (Å²) in [5.41, 5.74) is 7.16. The summed E-state index contributed by atoms with van der Waals surface area (Å²) in [5.74, 6) is -0.254. The Morgan fingerprint density at radius 3 is 2.25 bits per heavy atom. The number of benzene rings is 1. The third-order valence-electron chi connectivity index (χ3n) is 3.21. The Bertz CT molecular complexity index is 522. The van der Waals surface area contributed by atoms with Crippen molar-refractivity contribution >= 4 is 23.2 Å². The summed E-state index contributed by atoms with van der Waals surface area (Å²) in [5, 5.41) is 5.59. The van der Waals surface area contributed by atoms with Gasteiger partial charge in [-0.3, -0.25) is 9.59 Å². The predicted octanol–water partition coefficient (Wildman–Crippen LogP) is 1.88. The first-order chi connectivity index (χ1) is 9.58. The Morgan fingerprint density at radius 1 is 1.15 bits per heavy atom. The molecule has 4 N–H and O–H groups in total. The zero-order valence-corrected chi connectivity index (χ0v) is 11.4. The molecule has 2 rings (SSSR count). The predicted molar refractivity (Wildman–Crippen MR) is 79.2 cm³/mol. The van der Waals surface area contributed by atoms with Crippen molar-refractivity contribution in [2.75, 3.05) is 10.6 Å². The molecule has 20 heavy (non-hydrogen) atoms. The highest BCUT2D eigenvalue weighted by Crippen LogP contribution is 2.20. The lowest BCUT2D eigenvalue weighted by Gasteiger charge is -2.11. The van der Waals surface area contributed by atoms with Crippen molar-refractivity contribution in [1.82, 2.24) is 0 Å². The van der Waals surface area contributed by atoms with Crippen LogP contribution in [0.15, 0.2) is 36.4 Å². The third-order valence-corrected chi connectivity index (χ3v) is 3.21. The molecule has 0 bridgehead atoms. The molecule has 0 aromatic heterocycles. The number of hydrogen-bond acceptors (Lipinski definition) is 3. The van der Waals surface area contributed by atoms with Crippen LogP contribution in [0.25, 0.3) is 0 Å². The van der Waals surface area contributed by atoms with Crippen LogP contribution in [0.2, 0.25) is 0 Å². The SMILES string of the molecule is CCC(=O)Nc1ccc(NC(=O)C2C=CC(N)C2)cc1. The highest BCUT2D eigenvalue weighted by molar-refractivity contribution is 5.95. The van der Waals surface area contributed by atoms with Crippen molar-refractivity contribution in [3.63, 3.8) is 0 Å². The van der Waals surface area contributed by atoms with Gasteiger partial charge in [0.15, 0.2) is 0 Å². The van der Waals surface area contributed by atoms with E-state index in [2.05, 4.69) is 10.6 Å². The molecule has 0 radical (unpaired) electrons. The summed E-state index contributed by atoms with van der Waals surface area (Å²) in [6.45, 7) is 1.80. The highest BCUT2D eigenvalue weighted by atomic mass is 16.2. The van der Waals surface area contributed by atoms with Gasteiger partial charge in [-0.1, -0.05) is 19.1 Å². The van der Waals surface area contributed by atoms with Crippen molar-refractivity contribution in [3.8, 4) is 0 Å². The van der Waals surface area contributed by atoms with Crippen LogP contribution in [0, 0.1) is 5.92 Å². The average molecular weight is 273 g/mol. The zero-order valence-electron chi connectivity index (χ0n) is 11.4. The molecule has 0 saturated carbocycles. The van der Waals surface area contributed by atoms with Crippen molar-refractivity contribution in [3.05, 3.63) is 36.4 Å². The lowest BCUT2D eigenvalue weighted by molar-refractivity contribution is -0.118. The number of amides is 2. The van der Waals surface area contributed by atoms with Gasteiger partial charge in [-0.05, 0) is 30.7 Å². The Kier molecular flexibility index (Phi) is 4.53. The van der Waals surface area contributed by atoms with Crippen LogP contribution in [-0.2, 0) is 9.59 Å². The summed E-state index contributed by atoms with van der Waals surface area (Å²) in [7, 11) is 0. The molecule has 2 unspecified atom stereocenters. The van der Waals surface area contributed by atoms with Crippen molar-refractivity contribution in [2.24, 2.45) is 11.7 Å². The van der Waals surface area contributed by atoms with E-state index < -0.39 is 0 Å². The largest absolute Gasteiger partial charge is 0.326 e. The van der Waals surface area contributed by atoms with Gasteiger partial charge >= 0.3 is 0 Å². The van der Waals surface area contributed by atoms with Gasteiger partial charge in [-0.2, -0.15) is 0 Å². The van der Waals surface area contributed by atoms with Gasteiger partial charge in [-0.15, -0.1) is 0 Å². The van der Waals surface area contributed by atoms with E-state index in [0.717, 1.165) is 5.69 Å². The molecule has 1 aromatic rings. The summed E-state index contributed by atoms with van der Waals surface area (Å²) in [6.07, 6.45) is 4.78. The van der Waals surface area contributed by atoms with E-state index in [9.17, 15) is 9.59 Å². The maximum atomic E-state index is 12.0. The van der Waals surface area contributed by atoms with Gasteiger partial charge in [0, 0.05) is 23.8 Å². The van der Waals surface area contributed by atoms with Crippen molar-refractivity contribution in [1.29, 1.82) is 0 Å². The maximum Gasteiger partial charge on any atom is 0.231 e. The second-order valence-electron chi connectivity index (χ2n) is 4.86. The molecule has 0 spiro atoms. The number of carbonyl (C=O) groups excluding carboxylic acids is 2. The fraction of sp³-hybridized carbons (Fsp3) is 0.333. The smallest absolute Gasteiger partial charge is 0.231 e. The van der Waals surface area contributed by atoms with Gasteiger partial charge in [0.2, 0.25) is 11.8 Å². The fourth-order valence-corrected chi connectivity index (χ4v) is 2.04. The molecule has 5 nitrogen and oxygen atoms in total. The first-order valence-corrected chi connectivity index (χ1v) is 6.73. The van der Waals surface area contributed by atoms with Crippen LogP contribution in [0.3, 0.4) is 0 Å². The molecule has 2 amide bonds. The lowest BCUT2D eigenvalue weighted by atomic mass is 10.1. The van der Waals surface area contributed by atoms with E-state index in [-0.39, 0.29) is 23.8 Å². The fourth-order valence-electron chi connectivity index (χ4n) is 2.04. The second kappa shape index (κ2) is 6.34.